The Morgan fingerprint density at radius 1 is 0.921 bits per heavy atom. The van der Waals surface area contributed by atoms with Crippen LogP contribution in [0.25, 0.3) is 0 Å². The van der Waals surface area contributed by atoms with Gasteiger partial charge in [0.05, 0.1) is 17.3 Å². The molecule has 2 amide bonds. The van der Waals surface area contributed by atoms with Crippen LogP contribution in [-0.4, -0.2) is 46.4 Å². The van der Waals surface area contributed by atoms with Crippen LogP contribution in [-0.2, 0) is 23.9 Å². The molecular weight excluding hydrogens is 498 g/mol. The summed E-state index contributed by atoms with van der Waals surface area (Å²) in [5, 5.41) is 3.56. The van der Waals surface area contributed by atoms with E-state index < -0.39 is 35.2 Å². The molecule has 2 fully saturated rings. The van der Waals surface area contributed by atoms with Gasteiger partial charge in [0.25, 0.3) is 5.91 Å². The van der Waals surface area contributed by atoms with Crippen LogP contribution in [0.4, 0.5) is 17.6 Å². The quantitative estimate of drug-likeness (QED) is 0.476. The fourth-order valence-corrected chi connectivity index (χ4v) is 5.40. The van der Waals surface area contributed by atoms with Gasteiger partial charge in [0, 0.05) is 38.0 Å². The van der Waals surface area contributed by atoms with Gasteiger partial charge in [0.15, 0.2) is 0 Å². The maximum atomic E-state index is 14.1. The number of amides is 2. The summed E-state index contributed by atoms with van der Waals surface area (Å²) in [7, 11) is 0. The van der Waals surface area contributed by atoms with Crippen molar-refractivity contribution in [2.24, 2.45) is 0 Å². The Kier molecular flexibility index (Phi) is 6.96. The smallest absolute Gasteiger partial charge is 0.338 e. The Morgan fingerprint density at radius 2 is 1.53 bits per heavy atom. The first-order valence-corrected chi connectivity index (χ1v) is 12.5. The van der Waals surface area contributed by atoms with Crippen LogP contribution in [0.1, 0.15) is 39.9 Å². The number of halogens is 4. The molecule has 1 spiro atoms. The van der Waals surface area contributed by atoms with E-state index in [1.165, 1.54) is 4.90 Å². The average molecular weight is 526 g/mol. The van der Waals surface area contributed by atoms with Crippen LogP contribution >= 0.6 is 0 Å². The SMILES string of the molecule is O=C(c1ccc(C(F)(F)F)c(F)c1)N1CCC2(CC1)NC(Cc1ccccc1)C(=O)N2Cc1ccccc1. The van der Waals surface area contributed by atoms with E-state index in [4.69, 9.17) is 0 Å². The number of carbonyl (C=O) groups is 2. The molecule has 0 aromatic heterocycles. The van der Waals surface area contributed by atoms with Gasteiger partial charge in [-0.25, -0.2) is 4.39 Å². The van der Waals surface area contributed by atoms with Crippen LogP contribution in [0.2, 0.25) is 0 Å². The number of benzene rings is 3. The number of rotatable bonds is 5. The molecule has 0 aliphatic carbocycles. The molecule has 3 aromatic rings. The van der Waals surface area contributed by atoms with Gasteiger partial charge in [-0.2, -0.15) is 13.2 Å². The van der Waals surface area contributed by atoms with Gasteiger partial charge >= 0.3 is 6.18 Å². The van der Waals surface area contributed by atoms with Crippen molar-refractivity contribution in [2.45, 2.75) is 43.7 Å². The number of nitrogens with zero attached hydrogens (tertiary/aromatic N) is 2. The van der Waals surface area contributed by atoms with Crippen molar-refractivity contribution in [3.05, 3.63) is 107 Å². The molecule has 2 heterocycles. The highest BCUT2D eigenvalue weighted by Gasteiger charge is 2.51. The van der Waals surface area contributed by atoms with Crippen molar-refractivity contribution in [1.29, 1.82) is 0 Å². The Morgan fingerprint density at radius 3 is 2.11 bits per heavy atom. The van der Waals surface area contributed by atoms with Crippen molar-refractivity contribution in [3.8, 4) is 0 Å². The molecule has 1 unspecified atom stereocenters. The van der Waals surface area contributed by atoms with Gasteiger partial charge in [-0.3, -0.25) is 14.9 Å². The fraction of sp³-hybridized carbons (Fsp3) is 0.310. The third kappa shape index (κ3) is 5.15. The van der Waals surface area contributed by atoms with Crippen LogP contribution in [0, 0.1) is 5.82 Å². The molecule has 1 N–H and O–H groups in total. The van der Waals surface area contributed by atoms with Gasteiger partial charge in [0.2, 0.25) is 5.91 Å². The summed E-state index contributed by atoms with van der Waals surface area (Å²) in [6, 6.07) is 21.2. The molecule has 198 valence electrons. The number of nitrogens with one attached hydrogen (secondary N) is 1. The van der Waals surface area contributed by atoms with Gasteiger partial charge in [-0.15, -0.1) is 0 Å². The van der Waals surface area contributed by atoms with Crippen molar-refractivity contribution < 1.29 is 27.2 Å². The van der Waals surface area contributed by atoms with Gasteiger partial charge in [0.1, 0.15) is 5.82 Å². The first-order chi connectivity index (χ1) is 18.2. The van der Waals surface area contributed by atoms with Crippen molar-refractivity contribution >= 4 is 11.8 Å². The molecule has 2 aliphatic heterocycles. The Balaban J connectivity index is 1.34. The molecule has 9 heteroatoms. The molecule has 38 heavy (non-hydrogen) atoms. The number of likely N-dealkylation sites (tertiary alicyclic amines) is 1. The predicted octanol–water partition coefficient (Wildman–Crippen LogP) is 5.02. The number of carbonyl (C=O) groups excluding carboxylic acids is 2. The standard InChI is InChI=1S/C29H27F4N3O2/c30-24-18-22(11-12-23(24)29(31,32)33)26(37)35-15-13-28(14-16-35)34-25(17-20-7-3-1-4-8-20)27(38)36(28)19-21-9-5-2-6-10-21/h1-12,18,25,34H,13-17,19H2. The van der Waals surface area contributed by atoms with E-state index in [0.29, 0.717) is 37.9 Å². The van der Waals surface area contributed by atoms with E-state index >= 15 is 0 Å². The van der Waals surface area contributed by atoms with E-state index in [0.717, 1.165) is 17.2 Å². The van der Waals surface area contributed by atoms with Crippen molar-refractivity contribution in [3.63, 3.8) is 0 Å². The number of hydrogen-bond donors (Lipinski definition) is 1. The second kappa shape index (κ2) is 10.2. The van der Waals surface area contributed by atoms with Crippen LogP contribution < -0.4 is 5.32 Å². The maximum Gasteiger partial charge on any atom is 0.419 e. The zero-order valence-electron chi connectivity index (χ0n) is 20.5. The first kappa shape index (κ1) is 25.9. The highest BCUT2D eigenvalue weighted by molar-refractivity contribution is 5.94. The molecule has 0 radical (unpaired) electrons. The summed E-state index contributed by atoms with van der Waals surface area (Å²) < 4.78 is 52.9. The van der Waals surface area contributed by atoms with Gasteiger partial charge in [-0.1, -0.05) is 60.7 Å². The minimum Gasteiger partial charge on any atom is -0.338 e. The molecule has 0 saturated carbocycles. The number of piperidine rings is 1. The minimum absolute atomic E-state index is 0.0118. The minimum atomic E-state index is -4.83. The summed E-state index contributed by atoms with van der Waals surface area (Å²) in [4.78, 5) is 30.0. The third-order valence-electron chi connectivity index (χ3n) is 7.39. The third-order valence-corrected chi connectivity index (χ3v) is 7.39. The van der Waals surface area contributed by atoms with E-state index in [1.807, 2.05) is 65.6 Å². The monoisotopic (exact) mass is 525 g/mol. The Bertz CT molecular complexity index is 1310. The summed E-state index contributed by atoms with van der Waals surface area (Å²) >= 11 is 0. The normalized spacial score (nSPS) is 19.3. The van der Waals surface area contributed by atoms with Crippen LogP contribution in [0.3, 0.4) is 0 Å². The van der Waals surface area contributed by atoms with Gasteiger partial charge < -0.3 is 9.80 Å². The second-order valence-corrected chi connectivity index (χ2v) is 9.81. The average Bonchev–Trinajstić information content (AvgIpc) is 3.14. The molecule has 5 rings (SSSR count). The van der Waals surface area contributed by atoms with Crippen LogP contribution in [0.5, 0.6) is 0 Å². The first-order valence-electron chi connectivity index (χ1n) is 12.5. The molecule has 3 aromatic carbocycles. The predicted molar refractivity (Wildman–Crippen MR) is 133 cm³/mol. The lowest BCUT2D eigenvalue weighted by Gasteiger charge is -2.44. The Hall–Kier alpha value is -3.72. The lowest BCUT2D eigenvalue weighted by atomic mass is 9.94. The molecular formula is C29H27F4N3O2. The summed E-state index contributed by atoms with van der Waals surface area (Å²) in [5.41, 5.74) is -0.186. The zero-order chi connectivity index (χ0) is 26.9. The molecule has 1 atom stereocenters. The van der Waals surface area contributed by atoms with Crippen molar-refractivity contribution in [1.82, 2.24) is 15.1 Å². The fourth-order valence-electron chi connectivity index (χ4n) is 5.40. The lowest BCUT2D eigenvalue weighted by Crippen LogP contribution is -2.59. The maximum absolute atomic E-state index is 14.1. The van der Waals surface area contributed by atoms with Crippen LogP contribution in [0.15, 0.2) is 78.9 Å². The molecule has 5 nitrogen and oxygen atoms in total. The van der Waals surface area contributed by atoms with Crippen molar-refractivity contribution in [2.75, 3.05) is 13.1 Å². The van der Waals surface area contributed by atoms with E-state index in [9.17, 15) is 27.2 Å². The summed E-state index contributed by atoms with van der Waals surface area (Å²) in [5.74, 6) is -2.02. The van der Waals surface area contributed by atoms with E-state index in [-0.39, 0.29) is 24.6 Å². The number of hydrogen-bond acceptors (Lipinski definition) is 3. The van der Waals surface area contributed by atoms with E-state index in [2.05, 4.69) is 5.32 Å². The molecule has 2 saturated heterocycles. The topological polar surface area (TPSA) is 52.7 Å². The zero-order valence-corrected chi connectivity index (χ0v) is 20.5. The summed E-state index contributed by atoms with van der Waals surface area (Å²) in [6.07, 6.45) is -3.43. The largest absolute Gasteiger partial charge is 0.419 e. The summed E-state index contributed by atoms with van der Waals surface area (Å²) in [6.45, 7) is 0.951. The molecule has 2 aliphatic rings. The highest BCUT2D eigenvalue weighted by atomic mass is 19.4. The van der Waals surface area contributed by atoms with Gasteiger partial charge in [-0.05, 0) is 35.7 Å². The number of alkyl halides is 3. The second-order valence-electron chi connectivity index (χ2n) is 9.81. The molecule has 0 bridgehead atoms. The lowest BCUT2D eigenvalue weighted by molar-refractivity contribution is -0.140. The van der Waals surface area contributed by atoms with E-state index in [1.54, 1.807) is 0 Å². The highest BCUT2D eigenvalue weighted by Crippen LogP contribution is 2.36. The Labute approximate surface area is 218 Å².